The first-order chi connectivity index (χ1) is 6.86. The highest BCUT2D eigenvalue weighted by atomic mass is 16.2. The Bertz CT molecular complexity index is 193. The van der Waals surface area contributed by atoms with Crippen LogP contribution in [-0.2, 0) is 4.79 Å². The summed E-state index contributed by atoms with van der Waals surface area (Å²) in [5, 5.41) is 2.08. The van der Waals surface area contributed by atoms with Crippen molar-refractivity contribution in [2.75, 3.05) is 13.1 Å². The highest BCUT2D eigenvalue weighted by molar-refractivity contribution is 5.78. The Morgan fingerprint density at radius 1 is 1.00 bits per heavy atom. The molecule has 3 nitrogen and oxygen atoms in total. The monoisotopic (exact) mass is 196 g/mol. The molecule has 80 valence electrons. The Labute approximate surface area is 85.8 Å². The minimum absolute atomic E-state index is 0.270. The van der Waals surface area contributed by atoms with Crippen LogP contribution in [0.1, 0.15) is 44.9 Å². The van der Waals surface area contributed by atoms with Crippen molar-refractivity contribution in [3.8, 4) is 0 Å². The summed E-state index contributed by atoms with van der Waals surface area (Å²) >= 11 is 0. The van der Waals surface area contributed by atoms with Gasteiger partial charge in [-0.05, 0) is 25.7 Å². The van der Waals surface area contributed by atoms with Crippen LogP contribution in [0, 0.1) is 5.92 Å². The zero-order valence-corrected chi connectivity index (χ0v) is 8.80. The van der Waals surface area contributed by atoms with Crippen molar-refractivity contribution in [1.82, 2.24) is 10.4 Å². The molecular weight excluding hydrogens is 176 g/mol. The van der Waals surface area contributed by atoms with Gasteiger partial charge in [0.05, 0.1) is 0 Å². The summed E-state index contributed by atoms with van der Waals surface area (Å²) in [5.41, 5.74) is 3.04. The average Bonchev–Trinajstić information content (AvgIpc) is 2.72. The van der Waals surface area contributed by atoms with Crippen LogP contribution in [0.5, 0.6) is 0 Å². The molecule has 1 saturated heterocycles. The quantitative estimate of drug-likeness (QED) is 0.729. The molecule has 2 aliphatic rings. The van der Waals surface area contributed by atoms with Crippen LogP contribution in [0.3, 0.4) is 0 Å². The summed E-state index contributed by atoms with van der Waals surface area (Å²) in [6.45, 7) is 2.08. The zero-order valence-electron chi connectivity index (χ0n) is 8.80. The number of carbonyl (C=O) groups excluding carboxylic acids is 1. The van der Waals surface area contributed by atoms with E-state index in [0.29, 0.717) is 5.92 Å². The SMILES string of the molecule is O=C(NN1CCCC1)C1CCCCC1. The molecule has 3 heteroatoms. The van der Waals surface area contributed by atoms with E-state index in [9.17, 15) is 4.79 Å². The van der Waals surface area contributed by atoms with Gasteiger partial charge in [-0.2, -0.15) is 0 Å². The maximum Gasteiger partial charge on any atom is 0.237 e. The highest BCUT2D eigenvalue weighted by Gasteiger charge is 2.23. The first kappa shape index (κ1) is 9.97. The van der Waals surface area contributed by atoms with Gasteiger partial charge in [0, 0.05) is 19.0 Å². The van der Waals surface area contributed by atoms with Gasteiger partial charge in [-0.25, -0.2) is 5.01 Å². The third-order valence-corrected chi connectivity index (χ3v) is 3.35. The third-order valence-electron chi connectivity index (χ3n) is 3.35. The number of carbonyl (C=O) groups is 1. The molecule has 0 aromatic heterocycles. The number of amides is 1. The summed E-state index contributed by atoms with van der Waals surface area (Å²) in [6.07, 6.45) is 8.43. The molecule has 0 spiro atoms. The smallest absolute Gasteiger partial charge is 0.237 e. The van der Waals surface area contributed by atoms with E-state index in [-0.39, 0.29) is 5.91 Å². The fourth-order valence-corrected chi connectivity index (χ4v) is 2.44. The molecule has 0 atom stereocenters. The first-order valence-corrected chi connectivity index (χ1v) is 5.92. The van der Waals surface area contributed by atoms with Crippen molar-refractivity contribution in [3.05, 3.63) is 0 Å². The molecule has 0 bridgehead atoms. The maximum absolute atomic E-state index is 11.8. The molecule has 1 amide bonds. The van der Waals surface area contributed by atoms with E-state index in [1.165, 1.54) is 32.1 Å². The molecule has 0 radical (unpaired) electrons. The van der Waals surface area contributed by atoms with Gasteiger partial charge in [-0.15, -0.1) is 0 Å². The van der Waals surface area contributed by atoms with Crippen molar-refractivity contribution in [2.45, 2.75) is 44.9 Å². The van der Waals surface area contributed by atoms with Crippen molar-refractivity contribution in [1.29, 1.82) is 0 Å². The van der Waals surface area contributed by atoms with E-state index < -0.39 is 0 Å². The Kier molecular flexibility index (Phi) is 3.40. The van der Waals surface area contributed by atoms with Crippen molar-refractivity contribution >= 4 is 5.91 Å². The number of hydrazine groups is 1. The Morgan fingerprint density at radius 2 is 1.64 bits per heavy atom. The van der Waals surface area contributed by atoms with Gasteiger partial charge in [0.25, 0.3) is 0 Å². The van der Waals surface area contributed by atoms with E-state index in [1.807, 2.05) is 0 Å². The van der Waals surface area contributed by atoms with Crippen molar-refractivity contribution < 1.29 is 4.79 Å². The van der Waals surface area contributed by atoms with Crippen molar-refractivity contribution in [3.63, 3.8) is 0 Å². The molecule has 1 saturated carbocycles. The average molecular weight is 196 g/mol. The highest BCUT2D eigenvalue weighted by Crippen LogP contribution is 2.23. The van der Waals surface area contributed by atoms with Gasteiger partial charge in [0.1, 0.15) is 0 Å². The summed E-state index contributed by atoms with van der Waals surface area (Å²) in [4.78, 5) is 11.8. The van der Waals surface area contributed by atoms with Gasteiger partial charge >= 0.3 is 0 Å². The van der Waals surface area contributed by atoms with Gasteiger partial charge in [0.2, 0.25) is 5.91 Å². The largest absolute Gasteiger partial charge is 0.289 e. The number of nitrogens with zero attached hydrogens (tertiary/aromatic N) is 1. The Balaban J connectivity index is 1.75. The summed E-state index contributed by atoms with van der Waals surface area (Å²) in [6, 6.07) is 0. The van der Waals surface area contributed by atoms with Gasteiger partial charge < -0.3 is 0 Å². The number of rotatable bonds is 2. The van der Waals surface area contributed by atoms with Crippen LogP contribution in [0.15, 0.2) is 0 Å². The maximum atomic E-state index is 11.8. The molecule has 2 fully saturated rings. The van der Waals surface area contributed by atoms with Crippen LogP contribution < -0.4 is 5.43 Å². The molecule has 1 aliphatic carbocycles. The second-order valence-electron chi connectivity index (χ2n) is 4.51. The fraction of sp³-hybridized carbons (Fsp3) is 0.909. The Morgan fingerprint density at radius 3 is 2.29 bits per heavy atom. The lowest BCUT2D eigenvalue weighted by atomic mass is 9.89. The van der Waals surface area contributed by atoms with Crippen LogP contribution >= 0.6 is 0 Å². The summed E-state index contributed by atoms with van der Waals surface area (Å²) in [7, 11) is 0. The minimum atomic E-state index is 0.270. The second-order valence-corrected chi connectivity index (χ2v) is 4.51. The predicted molar refractivity (Wildman–Crippen MR) is 55.5 cm³/mol. The normalized spacial score (nSPS) is 25.1. The molecule has 0 unspecified atom stereocenters. The van der Waals surface area contributed by atoms with Gasteiger partial charge in [0.15, 0.2) is 0 Å². The van der Waals surface area contributed by atoms with Crippen molar-refractivity contribution in [2.24, 2.45) is 5.92 Å². The van der Waals surface area contributed by atoms with Crippen LogP contribution in [0.4, 0.5) is 0 Å². The lowest BCUT2D eigenvalue weighted by Gasteiger charge is -2.24. The first-order valence-electron chi connectivity index (χ1n) is 5.92. The number of hydrogen-bond acceptors (Lipinski definition) is 2. The molecule has 0 aromatic rings. The van der Waals surface area contributed by atoms with E-state index >= 15 is 0 Å². The second kappa shape index (κ2) is 4.78. The molecule has 1 heterocycles. The van der Waals surface area contributed by atoms with Crippen LogP contribution in [0.2, 0.25) is 0 Å². The molecule has 2 rings (SSSR count). The van der Waals surface area contributed by atoms with E-state index in [4.69, 9.17) is 0 Å². The molecule has 1 aliphatic heterocycles. The Hall–Kier alpha value is -0.570. The van der Waals surface area contributed by atoms with E-state index in [2.05, 4.69) is 10.4 Å². The van der Waals surface area contributed by atoms with Crippen LogP contribution in [-0.4, -0.2) is 24.0 Å². The zero-order chi connectivity index (χ0) is 9.80. The van der Waals surface area contributed by atoms with Gasteiger partial charge in [-0.3, -0.25) is 10.2 Å². The fourth-order valence-electron chi connectivity index (χ4n) is 2.44. The number of hydrogen-bond donors (Lipinski definition) is 1. The summed E-state index contributed by atoms with van der Waals surface area (Å²) in [5.74, 6) is 0.566. The number of nitrogens with one attached hydrogen (secondary N) is 1. The molecule has 0 aromatic carbocycles. The van der Waals surface area contributed by atoms with Gasteiger partial charge in [-0.1, -0.05) is 19.3 Å². The third kappa shape index (κ3) is 2.47. The van der Waals surface area contributed by atoms with E-state index in [0.717, 1.165) is 25.9 Å². The lowest BCUT2D eigenvalue weighted by molar-refractivity contribution is -0.130. The predicted octanol–water partition coefficient (Wildman–Crippen LogP) is 1.69. The van der Waals surface area contributed by atoms with Crippen LogP contribution in [0.25, 0.3) is 0 Å². The molecule has 14 heavy (non-hydrogen) atoms. The van der Waals surface area contributed by atoms with E-state index in [1.54, 1.807) is 0 Å². The lowest BCUT2D eigenvalue weighted by Crippen LogP contribution is -2.43. The topological polar surface area (TPSA) is 32.3 Å². The summed E-state index contributed by atoms with van der Waals surface area (Å²) < 4.78 is 0. The molecule has 1 N–H and O–H groups in total. The molecular formula is C11H20N2O. The standard InChI is InChI=1S/C11H20N2O/c14-11(10-6-2-1-3-7-10)12-13-8-4-5-9-13/h10H,1-9H2,(H,12,14). The minimum Gasteiger partial charge on any atom is -0.289 e.